The average Bonchev–Trinajstić information content (AvgIpc) is 3.92. The van der Waals surface area contributed by atoms with E-state index in [1.165, 1.54) is 114 Å². The first-order valence-electron chi connectivity index (χ1n) is 18.1. The fourth-order valence-corrected chi connectivity index (χ4v) is 13.0. The molecule has 2 heteroatoms. The molecule has 0 N–H and O–H groups in total. The van der Waals surface area contributed by atoms with Crippen molar-refractivity contribution in [2.45, 2.75) is 17.3 Å². The summed E-state index contributed by atoms with van der Waals surface area (Å²) in [5.41, 5.74) is 17.5. The highest BCUT2D eigenvalue weighted by molar-refractivity contribution is 7.25. The number of fused-ring (bicyclic) bond motifs is 3. The lowest BCUT2D eigenvalue weighted by Crippen LogP contribution is -2.53. The van der Waals surface area contributed by atoms with Crippen LogP contribution in [-0.4, -0.2) is 4.57 Å². The molecule has 0 spiro atoms. The van der Waals surface area contributed by atoms with Crippen molar-refractivity contribution < 1.29 is 0 Å². The van der Waals surface area contributed by atoms with Gasteiger partial charge >= 0.3 is 0 Å². The first kappa shape index (κ1) is 25.9. The van der Waals surface area contributed by atoms with Gasteiger partial charge in [-0.25, -0.2) is 0 Å². The molecule has 2 atom stereocenters. The van der Waals surface area contributed by atoms with Gasteiger partial charge in [-0.1, -0.05) is 121 Å². The first-order valence-corrected chi connectivity index (χ1v) is 18.9. The van der Waals surface area contributed by atoms with E-state index < -0.39 is 10.8 Å². The number of thiophene rings is 1. The van der Waals surface area contributed by atoms with Gasteiger partial charge in [0.1, 0.15) is 0 Å². The molecule has 0 aliphatic heterocycles. The molecule has 0 saturated carbocycles. The molecule has 4 aliphatic rings. The van der Waals surface area contributed by atoms with Crippen LogP contribution in [0.15, 0.2) is 152 Å². The van der Waals surface area contributed by atoms with Crippen LogP contribution in [0.1, 0.15) is 44.5 Å². The number of hydrogen-bond donors (Lipinski definition) is 0. The Labute approximate surface area is 297 Å². The Balaban J connectivity index is 1.26. The van der Waals surface area contributed by atoms with Crippen LogP contribution in [0.4, 0.5) is 0 Å². The predicted molar refractivity (Wildman–Crippen MR) is 212 cm³/mol. The van der Waals surface area contributed by atoms with Crippen LogP contribution in [0.5, 0.6) is 0 Å². The molecule has 234 valence electrons. The van der Waals surface area contributed by atoms with Gasteiger partial charge in [-0.2, -0.15) is 0 Å². The van der Waals surface area contributed by atoms with Crippen molar-refractivity contribution >= 4 is 64.1 Å². The first-order chi connectivity index (χ1) is 25.3. The third kappa shape index (κ3) is 2.51. The van der Waals surface area contributed by atoms with Crippen LogP contribution in [0.3, 0.4) is 0 Å². The second-order valence-electron chi connectivity index (χ2n) is 15.0. The maximum atomic E-state index is 2.53. The Morgan fingerprint density at radius 2 is 0.863 bits per heavy atom. The van der Waals surface area contributed by atoms with E-state index in [0.717, 1.165) is 6.42 Å². The van der Waals surface area contributed by atoms with Gasteiger partial charge in [-0.15, -0.1) is 11.3 Å². The Kier molecular flexibility index (Phi) is 4.23. The molecule has 14 rings (SSSR count). The van der Waals surface area contributed by atoms with E-state index in [2.05, 4.69) is 156 Å². The zero-order valence-corrected chi connectivity index (χ0v) is 28.3. The van der Waals surface area contributed by atoms with Crippen molar-refractivity contribution in [1.29, 1.82) is 0 Å². The summed E-state index contributed by atoms with van der Waals surface area (Å²) in [5.74, 6) is 0. The molecule has 51 heavy (non-hydrogen) atoms. The molecule has 0 amide bonds. The Morgan fingerprint density at radius 3 is 1.47 bits per heavy atom. The number of aromatic nitrogens is 1. The number of rotatable bonds is 1. The maximum Gasteiger partial charge on any atom is 0.0648 e. The number of para-hydroxylation sites is 2. The quantitative estimate of drug-likeness (QED) is 0.165. The summed E-state index contributed by atoms with van der Waals surface area (Å²) in [6, 6.07) is 58.8. The average molecular weight is 662 g/mol. The summed E-state index contributed by atoms with van der Waals surface area (Å²) in [4.78, 5) is 0. The molecule has 4 aliphatic carbocycles. The summed E-state index contributed by atoms with van der Waals surface area (Å²) in [6.45, 7) is 0. The van der Waals surface area contributed by atoms with Gasteiger partial charge in [0.2, 0.25) is 0 Å². The van der Waals surface area contributed by atoms with Crippen molar-refractivity contribution in [2.24, 2.45) is 0 Å². The lowest BCUT2D eigenvalue weighted by atomic mass is 9.44. The molecule has 0 bridgehead atoms. The van der Waals surface area contributed by atoms with Crippen molar-refractivity contribution in [3.8, 4) is 16.8 Å². The number of hydrogen-bond acceptors (Lipinski definition) is 1. The van der Waals surface area contributed by atoms with Crippen LogP contribution in [0.2, 0.25) is 0 Å². The van der Waals surface area contributed by atoms with Gasteiger partial charge in [0.05, 0.1) is 27.6 Å². The zero-order valence-electron chi connectivity index (χ0n) is 27.5. The van der Waals surface area contributed by atoms with Crippen molar-refractivity contribution in [3.63, 3.8) is 0 Å². The number of nitrogens with zero attached hydrogens (tertiary/aromatic N) is 1. The minimum Gasteiger partial charge on any atom is -0.309 e. The van der Waals surface area contributed by atoms with Crippen LogP contribution in [0, 0.1) is 0 Å². The number of benzene rings is 8. The van der Waals surface area contributed by atoms with Gasteiger partial charge in [0.15, 0.2) is 0 Å². The molecule has 1 nitrogen and oxygen atoms in total. The minimum atomic E-state index is -0.433. The van der Waals surface area contributed by atoms with Crippen LogP contribution < -0.4 is 0 Å². The SMILES string of the molecule is c1cc2c3c(c1)C14c5cccc6c(-n7c8ccccc8c8ccccc87)ccc(c56)C1(c1cccc(c1-3)C2)c1cccc2sc3cccc4c3c12. The highest BCUT2D eigenvalue weighted by Gasteiger charge is 2.68. The summed E-state index contributed by atoms with van der Waals surface area (Å²) in [7, 11) is 0. The van der Waals surface area contributed by atoms with Gasteiger partial charge < -0.3 is 4.57 Å². The molecule has 8 aromatic carbocycles. The third-order valence-electron chi connectivity index (χ3n) is 13.3. The van der Waals surface area contributed by atoms with Gasteiger partial charge in [-0.05, 0) is 97.8 Å². The minimum absolute atomic E-state index is 0.433. The van der Waals surface area contributed by atoms with E-state index in [4.69, 9.17) is 0 Å². The smallest absolute Gasteiger partial charge is 0.0648 e. The van der Waals surface area contributed by atoms with Gasteiger partial charge in [0, 0.05) is 36.3 Å². The third-order valence-corrected chi connectivity index (χ3v) is 14.4. The van der Waals surface area contributed by atoms with Crippen LogP contribution in [0.25, 0.3) is 69.6 Å². The maximum absolute atomic E-state index is 2.53. The van der Waals surface area contributed by atoms with Crippen LogP contribution >= 0.6 is 11.3 Å². The zero-order chi connectivity index (χ0) is 32.8. The lowest BCUT2D eigenvalue weighted by molar-refractivity contribution is 0.439. The molecule has 2 heterocycles. The monoisotopic (exact) mass is 661 g/mol. The summed E-state index contributed by atoms with van der Waals surface area (Å²) < 4.78 is 5.30. The fourth-order valence-electron chi connectivity index (χ4n) is 11.9. The molecular formula is C49H27NS. The normalized spacial score (nSPS) is 19.8. The summed E-state index contributed by atoms with van der Waals surface area (Å²) in [5, 5.41) is 8.22. The topological polar surface area (TPSA) is 4.93 Å². The largest absolute Gasteiger partial charge is 0.309 e. The standard InChI is InChI=1S/C49H27NS/c1-3-20-38-29(12-1)30-13-2-4-21-39(30)50(38)40-25-24-37-45-31(40)14-7-17-34(45)48-32-15-5-10-27-26-28-11-6-16-33(44(28)43(27)32)49(37,48)36-19-9-23-42-47(36)46-35(48)18-8-22-41(46)51-42/h1-25H,26H2. The van der Waals surface area contributed by atoms with Crippen LogP contribution in [-0.2, 0) is 17.3 Å². The highest BCUT2D eigenvalue weighted by atomic mass is 32.1. The van der Waals surface area contributed by atoms with Gasteiger partial charge in [-0.3, -0.25) is 0 Å². The second-order valence-corrected chi connectivity index (χ2v) is 16.1. The van der Waals surface area contributed by atoms with Crippen molar-refractivity contribution in [1.82, 2.24) is 4.57 Å². The van der Waals surface area contributed by atoms with Crippen molar-refractivity contribution in [3.05, 3.63) is 196 Å². The van der Waals surface area contributed by atoms with E-state index >= 15 is 0 Å². The molecule has 10 aromatic rings. The van der Waals surface area contributed by atoms with Gasteiger partial charge in [0.25, 0.3) is 0 Å². The second kappa shape index (κ2) is 8.32. The molecule has 0 saturated heterocycles. The molecular weight excluding hydrogens is 635 g/mol. The summed E-state index contributed by atoms with van der Waals surface area (Å²) in [6.07, 6.45) is 0.998. The van der Waals surface area contributed by atoms with E-state index in [-0.39, 0.29) is 0 Å². The van der Waals surface area contributed by atoms with E-state index in [1.807, 2.05) is 11.3 Å². The van der Waals surface area contributed by atoms with Crippen molar-refractivity contribution in [2.75, 3.05) is 0 Å². The van der Waals surface area contributed by atoms with E-state index in [1.54, 1.807) is 0 Å². The predicted octanol–water partition coefficient (Wildman–Crippen LogP) is 12.2. The molecule has 0 radical (unpaired) electrons. The molecule has 2 unspecified atom stereocenters. The summed E-state index contributed by atoms with van der Waals surface area (Å²) >= 11 is 1.96. The lowest BCUT2D eigenvalue weighted by Gasteiger charge is -2.55. The van der Waals surface area contributed by atoms with E-state index in [0.29, 0.717) is 0 Å². The molecule has 2 aromatic heterocycles. The van der Waals surface area contributed by atoms with E-state index in [9.17, 15) is 0 Å². The Hall–Kier alpha value is -5.96. The highest BCUT2D eigenvalue weighted by Crippen LogP contribution is 2.75. The Bertz CT molecular complexity index is 3120. The molecule has 0 fully saturated rings. The fraction of sp³-hybridized carbons (Fsp3) is 0.0612. The Morgan fingerprint density at radius 1 is 0.392 bits per heavy atom.